The molecule has 5 heteroatoms. The lowest BCUT2D eigenvalue weighted by Crippen LogP contribution is -2.45. The Labute approximate surface area is 139 Å². The number of pyridine rings is 1. The zero-order valence-corrected chi connectivity index (χ0v) is 15.1. The van der Waals surface area contributed by atoms with Crippen LogP contribution in [0.15, 0.2) is 12.3 Å². The van der Waals surface area contributed by atoms with Crippen LogP contribution in [-0.4, -0.2) is 56.8 Å². The van der Waals surface area contributed by atoms with Crippen LogP contribution in [0.2, 0.25) is 0 Å². The molecule has 126 valence electrons. The largest absolute Gasteiger partial charge is 0.301 e. The van der Waals surface area contributed by atoms with Gasteiger partial charge in [0.05, 0.1) is 5.69 Å². The smallest absolute Gasteiger partial charge is 0.157 e. The molecule has 1 fully saturated rings. The molecule has 1 aliphatic rings. The lowest BCUT2D eigenvalue weighted by atomic mass is 10.0. The van der Waals surface area contributed by atoms with Crippen LogP contribution in [0.4, 0.5) is 0 Å². The van der Waals surface area contributed by atoms with Crippen LogP contribution in [0.3, 0.4) is 0 Å². The highest BCUT2D eigenvalue weighted by Crippen LogP contribution is 2.21. The van der Waals surface area contributed by atoms with Crippen molar-refractivity contribution in [2.75, 3.05) is 20.1 Å². The van der Waals surface area contributed by atoms with E-state index in [2.05, 4.69) is 53.8 Å². The van der Waals surface area contributed by atoms with E-state index in [4.69, 9.17) is 0 Å². The van der Waals surface area contributed by atoms with E-state index in [0.717, 1.165) is 17.9 Å². The number of hydrogen-bond donors (Lipinski definition) is 0. The summed E-state index contributed by atoms with van der Waals surface area (Å²) in [6, 6.07) is 3.60. The average Bonchev–Trinajstić information content (AvgIpc) is 2.81. The van der Waals surface area contributed by atoms with Gasteiger partial charge in [-0.15, -0.1) is 0 Å². The predicted molar refractivity (Wildman–Crippen MR) is 94.4 cm³/mol. The zero-order chi connectivity index (χ0) is 16.6. The monoisotopic (exact) mass is 315 g/mol. The third-order valence-electron chi connectivity index (χ3n) is 5.20. The van der Waals surface area contributed by atoms with E-state index in [1.54, 1.807) is 0 Å². The van der Waals surface area contributed by atoms with Crippen LogP contribution in [-0.2, 0) is 13.6 Å². The second-order valence-electron chi connectivity index (χ2n) is 7.20. The van der Waals surface area contributed by atoms with Gasteiger partial charge in [0.25, 0.3) is 0 Å². The molecule has 0 spiro atoms. The van der Waals surface area contributed by atoms with Gasteiger partial charge in [0.2, 0.25) is 0 Å². The second kappa shape index (κ2) is 6.57. The number of fused-ring (bicyclic) bond motifs is 1. The van der Waals surface area contributed by atoms with E-state index in [-0.39, 0.29) is 0 Å². The summed E-state index contributed by atoms with van der Waals surface area (Å²) in [4.78, 5) is 9.67. The van der Waals surface area contributed by atoms with E-state index < -0.39 is 0 Å². The molecule has 5 nitrogen and oxygen atoms in total. The number of nitrogens with zero attached hydrogens (tertiary/aromatic N) is 5. The van der Waals surface area contributed by atoms with Gasteiger partial charge in [0, 0.05) is 37.3 Å². The molecule has 0 amide bonds. The summed E-state index contributed by atoms with van der Waals surface area (Å²) in [6.07, 6.45) is 4.52. The Morgan fingerprint density at radius 2 is 2.00 bits per heavy atom. The van der Waals surface area contributed by atoms with Gasteiger partial charge in [-0.25, -0.2) is 4.98 Å². The number of aryl methyl sites for hydroxylation is 2. The van der Waals surface area contributed by atoms with Crippen LogP contribution in [0.25, 0.3) is 11.0 Å². The molecule has 3 heterocycles. The first kappa shape index (κ1) is 16.4. The first-order valence-corrected chi connectivity index (χ1v) is 8.68. The summed E-state index contributed by atoms with van der Waals surface area (Å²) in [5, 5.41) is 5.63. The van der Waals surface area contributed by atoms with Crippen LogP contribution in [0, 0.1) is 6.92 Å². The highest BCUT2D eigenvalue weighted by molar-refractivity contribution is 5.78. The molecular formula is C18H29N5. The van der Waals surface area contributed by atoms with E-state index in [1.807, 2.05) is 17.9 Å². The minimum absolute atomic E-state index is 0.668. The molecule has 0 radical (unpaired) electrons. The van der Waals surface area contributed by atoms with Gasteiger partial charge in [0.15, 0.2) is 5.65 Å². The maximum Gasteiger partial charge on any atom is 0.157 e. The molecular weight excluding hydrogens is 286 g/mol. The standard InChI is InChI=1S/C18H29N5/c1-13(2)23-8-6-16(7-9-23)21(4)12-15-10-17-14(3)20-22(5)18(17)19-11-15/h10-11,13,16H,6-9,12H2,1-5H3. The first-order valence-electron chi connectivity index (χ1n) is 8.68. The second-order valence-corrected chi connectivity index (χ2v) is 7.20. The molecule has 0 unspecified atom stereocenters. The predicted octanol–water partition coefficient (Wildman–Crippen LogP) is 2.58. The minimum atomic E-state index is 0.668. The summed E-state index contributed by atoms with van der Waals surface area (Å²) >= 11 is 0. The summed E-state index contributed by atoms with van der Waals surface area (Å²) < 4.78 is 1.86. The maximum absolute atomic E-state index is 4.60. The number of piperidine rings is 1. The van der Waals surface area contributed by atoms with Crippen molar-refractivity contribution in [2.45, 2.75) is 52.2 Å². The number of likely N-dealkylation sites (tertiary alicyclic amines) is 1. The molecule has 0 N–H and O–H groups in total. The molecule has 0 aliphatic carbocycles. The van der Waals surface area contributed by atoms with E-state index in [0.29, 0.717) is 12.1 Å². The van der Waals surface area contributed by atoms with Gasteiger partial charge >= 0.3 is 0 Å². The van der Waals surface area contributed by atoms with Gasteiger partial charge in [-0.05, 0) is 65.4 Å². The lowest BCUT2D eigenvalue weighted by molar-refractivity contribution is 0.104. The SMILES string of the molecule is Cc1nn(C)c2ncc(CN(C)C3CCN(C(C)C)CC3)cc12. The molecule has 2 aromatic heterocycles. The van der Waals surface area contributed by atoms with Gasteiger partial charge < -0.3 is 4.90 Å². The summed E-state index contributed by atoms with van der Waals surface area (Å²) in [5.74, 6) is 0. The Hall–Kier alpha value is -1.46. The quantitative estimate of drug-likeness (QED) is 0.869. The Bertz CT molecular complexity index is 667. The van der Waals surface area contributed by atoms with Crippen molar-refractivity contribution in [3.8, 4) is 0 Å². The maximum atomic E-state index is 4.60. The Kier molecular flexibility index (Phi) is 4.69. The molecule has 2 aromatic rings. The molecule has 0 aromatic carbocycles. The van der Waals surface area contributed by atoms with Crippen molar-refractivity contribution < 1.29 is 0 Å². The average molecular weight is 315 g/mol. The molecule has 23 heavy (non-hydrogen) atoms. The fourth-order valence-electron chi connectivity index (χ4n) is 3.70. The summed E-state index contributed by atoms with van der Waals surface area (Å²) in [7, 11) is 4.20. The van der Waals surface area contributed by atoms with Gasteiger partial charge in [-0.1, -0.05) is 0 Å². The molecule has 1 saturated heterocycles. The van der Waals surface area contributed by atoms with E-state index in [1.165, 1.54) is 36.9 Å². The number of hydrogen-bond acceptors (Lipinski definition) is 4. The van der Waals surface area contributed by atoms with Crippen molar-refractivity contribution in [2.24, 2.45) is 7.05 Å². The van der Waals surface area contributed by atoms with Crippen LogP contribution in [0.1, 0.15) is 37.9 Å². The number of rotatable bonds is 4. The van der Waals surface area contributed by atoms with Gasteiger partial charge in [-0.3, -0.25) is 9.58 Å². The normalized spacial score (nSPS) is 17.7. The Morgan fingerprint density at radius 1 is 1.30 bits per heavy atom. The van der Waals surface area contributed by atoms with Crippen molar-refractivity contribution in [1.29, 1.82) is 0 Å². The number of aromatic nitrogens is 3. The third kappa shape index (κ3) is 3.40. The Balaban J connectivity index is 1.66. The van der Waals surface area contributed by atoms with Gasteiger partial charge in [-0.2, -0.15) is 5.10 Å². The fourth-order valence-corrected chi connectivity index (χ4v) is 3.70. The van der Waals surface area contributed by atoms with Crippen molar-refractivity contribution in [1.82, 2.24) is 24.6 Å². The zero-order valence-electron chi connectivity index (χ0n) is 15.1. The summed E-state index contributed by atoms with van der Waals surface area (Å²) in [5.41, 5.74) is 3.31. The molecule has 0 saturated carbocycles. The summed E-state index contributed by atoms with van der Waals surface area (Å²) in [6.45, 7) is 10.0. The molecule has 0 bridgehead atoms. The van der Waals surface area contributed by atoms with Crippen LogP contribution >= 0.6 is 0 Å². The van der Waals surface area contributed by atoms with Gasteiger partial charge in [0.1, 0.15) is 0 Å². The fraction of sp³-hybridized carbons (Fsp3) is 0.667. The third-order valence-corrected chi connectivity index (χ3v) is 5.20. The van der Waals surface area contributed by atoms with E-state index in [9.17, 15) is 0 Å². The molecule has 1 aliphatic heterocycles. The lowest BCUT2D eigenvalue weighted by Gasteiger charge is -2.38. The topological polar surface area (TPSA) is 37.2 Å². The van der Waals surface area contributed by atoms with Crippen LogP contribution in [0.5, 0.6) is 0 Å². The van der Waals surface area contributed by atoms with Crippen molar-refractivity contribution >= 4 is 11.0 Å². The van der Waals surface area contributed by atoms with E-state index >= 15 is 0 Å². The molecule has 3 rings (SSSR count). The minimum Gasteiger partial charge on any atom is -0.301 e. The highest BCUT2D eigenvalue weighted by Gasteiger charge is 2.23. The first-order chi connectivity index (χ1) is 11.0. The van der Waals surface area contributed by atoms with Crippen LogP contribution < -0.4 is 0 Å². The Morgan fingerprint density at radius 3 is 2.65 bits per heavy atom. The van der Waals surface area contributed by atoms with Crippen molar-refractivity contribution in [3.05, 3.63) is 23.5 Å². The molecule has 0 atom stereocenters. The highest BCUT2D eigenvalue weighted by atomic mass is 15.3. The van der Waals surface area contributed by atoms with Crippen molar-refractivity contribution in [3.63, 3.8) is 0 Å².